The molecule has 1 aliphatic carbocycles. The van der Waals surface area contributed by atoms with Crippen molar-refractivity contribution in [2.75, 3.05) is 11.2 Å². The van der Waals surface area contributed by atoms with Crippen molar-refractivity contribution in [1.82, 2.24) is 15.3 Å². The summed E-state index contributed by atoms with van der Waals surface area (Å²) in [5.74, 6) is 0.797. The van der Waals surface area contributed by atoms with Crippen LogP contribution < -0.4 is 10.6 Å². The van der Waals surface area contributed by atoms with Gasteiger partial charge in [0.2, 0.25) is 11.7 Å². The predicted molar refractivity (Wildman–Crippen MR) is 91.0 cm³/mol. The Hall–Kier alpha value is -1.73. The number of Topliss-reactive ketones (excluding diaryl/α,β-unsaturated/α-hetero) is 1. The molecule has 1 atom stereocenters. The molecule has 122 valence electrons. The second-order valence-corrected chi connectivity index (χ2v) is 6.83. The van der Waals surface area contributed by atoms with Crippen LogP contribution in [0.4, 0.5) is 5.95 Å². The highest BCUT2D eigenvalue weighted by Crippen LogP contribution is 2.28. The summed E-state index contributed by atoms with van der Waals surface area (Å²) in [6.45, 7) is 0. The summed E-state index contributed by atoms with van der Waals surface area (Å²) in [5.41, 5.74) is 0.744. The predicted octanol–water partition coefficient (Wildman–Crippen LogP) is 1.99. The normalized spacial score (nSPS) is 23.8. The van der Waals surface area contributed by atoms with E-state index < -0.39 is 11.8 Å². The highest BCUT2D eigenvalue weighted by molar-refractivity contribution is 8.03. The van der Waals surface area contributed by atoms with Gasteiger partial charge in [0.05, 0.1) is 5.69 Å². The average molecular weight is 332 g/mol. The molecule has 2 N–H and O–H groups in total. The number of carbonyl (C=O) groups excluding carboxylic acids is 2. The molecule has 2 fully saturated rings. The van der Waals surface area contributed by atoms with Crippen LogP contribution in [0.1, 0.15) is 37.8 Å². The first kappa shape index (κ1) is 16.1. The van der Waals surface area contributed by atoms with E-state index in [1.807, 2.05) is 6.08 Å². The fourth-order valence-electron chi connectivity index (χ4n) is 2.92. The highest BCUT2D eigenvalue weighted by Gasteiger charge is 2.27. The molecule has 1 aromatic heterocycles. The summed E-state index contributed by atoms with van der Waals surface area (Å²) in [7, 11) is 0. The summed E-state index contributed by atoms with van der Waals surface area (Å²) in [5, 5.41) is 6.41. The van der Waals surface area contributed by atoms with E-state index >= 15 is 0 Å². The summed E-state index contributed by atoms with van der Waals surface area (Å²) < 4.78 is 0. The van der Waals surface area contributed by atoms with Crippen molar-refractivity contribution in [1.29, 1.82) is 0 Å². The molecule has 0 radical (unpaired) electrons. The van der Waals surface area contributed by atoms with Gasteiger partial charge in [-0.15, -0.1) is 11.8 Å². The van der Waals surface area contributed by atoms with Crippen molar-refractivity contribution in [3.63, 3.8) is 0 Å². The number of thioether (sulfide) groups is 1. The molecule has 0 spiro atoms. The maximum absolute atomic E-state index is 11.6. The molecule has 6 nitrogen and oxygen atoms in total. The van der Waals surface area contributed by atoms with Gasteiger partial charge >= 0.3 is 0 Å². The Morgan fingerprint density at radius 2 is 2.17 bits per heavy atom. The average Bonchev–Trinajstić information content (AvgIpc) is 3.03. The van der Waals surface area contributed by atoms with Crippen molar-refractivity contribution in [2.24, 2.45) is 0 Å². The highest BCUT2D eigenvalue weighted by atomic mass is 32.2. The Balaban J connectivity index is 1.72. The first-order chi connectivity index (χ1) is 11.3. The van der Waals surface area contributed by atoms with Crippen molar-refractivity contribution in [3.05, 3.63) is 22.9 Å². The number of anilines is 1. The van der Waals surface area contributed by atoms with E-state index in [9.17, 15) is 9.59 Å². The van der Waals surface area contributed by atoms with Gasteiger partial charge in [-0.25, -0.2) is 9.97 Å². The van der Waals surface area contributed by atoms with Gasteiger partial charge < -0.3 is 5.32 Å². The number of ketones is 1. The zero-order valence-electron chi connectivity index (χ0n) is 12.8. The van der Waals surface area contributed by atoms with E-state index in [2.05, 4.69) is 20.6 Å². The monoisotopic (exact) mass is 332 g/mol. The minimum atomic E-state index is -0.540. The van der Waals surface area contributed by atoms with Crippen LogP contribution in [-0.2, 0) is 9.59 Å². The van der Waals surface area contributed by atoms with Crippen molar-refractivity contribution >= 4 is 35.9 Å². The third-order valence-corrected chi connectivity index (χ3v) is 5.12. The molecule has 3 rings (SSSR count). The van der Waals surface area contributed by atoms with Crippen LogP contribution in [0.3, 0.4) is 0 Å². The summed E-state index contributed by atoms with van der Waals surface area (Å²) in [4.78, 5) is 31.9. The minimum absolute atomic E-state index is 0.368. The van der Waals surface area contributed by atoms with Crippen molar-refractivity contribution in [2.45, 2.75) is 44.2 Å². The van der Waals surface area contributed by atoms with E-state index in [1.54, 1.807) is 12.3 Å². The van der Waals surface area contributed by atoms with E-state index in [-0.39, 0.29) is 0 Å². The van der Waals surface area contributed by atoms with E-state index in [1.165, 1.54) is 31.0 Å². The Bertz CT molecular complexity index is 614. The minimum Gasteiger partial charge on any atom is -0.351 e. The molecular weight excluding hydrogens is 312 g/mol. The standard InChI is InChI=1S/C16H20N4O2S/c21-9-13(22)15-14(23-10-18-15)8-12-6-7-17-16(20-12)19-11-4-2-1-3-5-11/h6-9,11,15,18H,1-5,10H2,(H,17,19,20)/b14-8-. The maximum atomic E-state index is 11.6. The van der Waals surface area contributed by atoms with Crippen molar-refractivity contribution in [3.8, 4) is 0 Å². The van der Waals surface area contributed by atoms with Gasteiger partial charge in [0.25, 0.3) is 0 Å². The lowest BCUT2D eigenvalue weighted by atomic mass is 9.96. The molecule has 1 unspecified atom stereocenters. The zero-order valence-corrected chi connectivity index (χ0v) is 13.6. The quantitative estimate of drug-likeness (QED) is 0.630. The number of nitrogens with one attached hydrogen (secondary N) is 2. The summed E-state index contributed by atoms with van der Waals surface area (Å²) in [6, 6.07) is 1.71. The molecule has 1 saturated carbocycles. The lowest BCUT2D eigenvalue weighted by Gasteiger charge is -2.22. The van der Waals surface area contributed by atoms with E-state index in [0.717, 1.165) is 23.4 Å². The Kier molecular flexibility index (Phi) is 5.40. The molecule has 7 heteroatoms. The molecule has 2 heterocycles. The van der Waals surface area contributed by atoms with Crippen LogP contribution in [0, 0.1) is 0 Å². The number of carbonyl (C=O) groups is 2. The van der Waals surface area contributed by atoms with Gasteiger partial charge in [-0.1, -0.05) is 19.3 Å². The zero-order chi connectivity index (χ0) is 16.1. The second kappa shape index (κ2) is 7.70. The van der Waals surface area contributed by atoms with Crippen molar-refractivity contribution < 1.29 is 9.59 Å². The molecule has 0 bridgehead atoms. The molecule has 0 amide bonds. The first-order valence-electron chi connectivity index (χ1n) is 7.92. The molecule has 0 aromatic carbocycles. The fourth-order valence-corrected chi connectivity index (χ4v) is 3.91. The van der Waals surface area contributed by atoms with Gasteiger partial charge in [0.1, 0.15) is 6.04 Å². The molecule has 1 aliphatic heterocycles. The number of rotatable bonds is 5. The first-order valence-corrected chi connectivity index (χ1v) is 8.91. The molecule has 23 heavy (non-hydrogen) atoms. The number of hydrogen-bond acceptors (Lipinski definition) is 7. The molecular formula is C16H20N4O2S. The smallest absolute Gasteiger partial charge is 0.223 e. The van der Waals surface area contributed by atoms with Gasteiger partial charge in [-0.3, -0.25) is 14.9 Å². The maximum Gasteiger partial charge on any atom is 0.223 e. The number of hydrogen-bond donors (Lipinski definition) is 2. The molecule has 1 saturated heterocycles. The lowest BCUT2D eigenvalue weighted by molar-refractivity contribution is -0.130. The van der Waals surface area contributed by atoms with Crippen LogP contribution in [0.2, 0.25) is 0 Å². The Morgan fingerprint density at radius 3 is 2.96 bits per heavy atom. The number of aromatic nitrogens is 2. The topological polar surface area (TPSA) is 84.0 Å². The van der Waals surface area contributed by atoms with Gasteiger partial charge in [0, 0.05) is 23.0 Å². The Labute approximate surface area is 139 Å². The third-order valence-electron chi connectivity index (χ3n) is 4.12. The largest absolute Gasteiger partial charge is 0.351 e. The van der Waals surface area contributed by atoms with E-state index in [4.69, 9.17) is 0 Å². The fraction of sp³-hybridized carbons (Fsp3) is 0.500. The van der Waals surface area contributed by atoms with Gasteiger partial charge in [0.15, 0.2) is 6.29 Å². The summed E-state index contributed by atoms with van der Waals surface area (Å²) >= 11 is 1.52. The summed E-state index contributed by atoms with van der Waals surface area (Å²) in [6.07, 6.45) is 10.1. The van der Waals surface area contributed by atoms with E-state index in [0.29, 0.717) is 24.2 Å². The van der Waals surface area contributed by atoms with Crippen LogP contribution in [-0.4, -0.2) is 40.0 Å². The van der Waals surface area contributed by atoms with Crippen LogP contribution >= 0.6 is 11.8 Å². The second-order valence-electron chi connectivity index (χ2n) is 5.78. The van der Waals surface area contributed by atoms with Crippen LogP contribution in [0.15, 0.2) is 17.2 Å². The Morgan fingerprint density at radius 1 is 1.35 bits per heavy atom. The number of aldehydes is 1. The molecule has 1 aromatic rings. The lowest BCUT2D eigenvalue weighted by Crippen LogP contribution is -2.32. The van der Waals surface area contributed by atoms with Gasteiger partial charge in [-0.2, -0.15) is 0 Å². The van der Waals surface area contributed by atoms with Crippen LogP contribution in [0.25, 0.3) is 6.08 Å². The van der Waals surface area contributed by atoms with Gasteiger partial charge in [-0.05, 0) is 25.0 Å². The molecule has 2 aliphatic rings. The third kappa shape index (κ3) is 4.17. The SMILES string of the molecule is O=CC(=O)C1NCS/C1=C\c1ccnc(NC2CCCCC2)n1. The number of nitrogens with zero attached hydrogens (tertiary/aromatic N) is 2. The van der Waals surface area contributed by atoms with Crippen LogP contribution in [0.5, 0.6) is 0 Å².